The standard InChI is InChI=1S/C17H24N4O3/c22-16(20-4-6-21-5-1-7-24-17(21)23)15-9-14(11-19-12-15)8-13-2-3-18-10-13/h9,11-13,18H,1-8,10H2,(H,20,22). The maximum absolute atomic E-state index is 12.3. The van der Waals surface area contributed by atoms with Crippen molar-refractivity contribution in [2.45, 2.75) is 19.3 Å². The summed E-state index contributed by atoms with van der Waals surface area (Å²) >= 11 is 0. The van der Waals surface area contributed by atoms with E-state index in [1.807, 2.05) is 12.3 Å². The van der Waals surface area contributed by atoms with E-state index >= 15 is 0 Å². The molecule has 3 rings (SSSR count). The van der Waals surface area contributed by atoms with Crippen molar-refractivity contribution in [3.8, 4) is 0 Å². The van der Waals surface area contributed by atoms with Crippen LogP contribution in [0.5, 0.6) is 0 Å². The third-order valence-corrected chi connectivity index (χ3v) is 4.47. The van der Waals surface area contributed by atoms with Crippen molar-refractivity contribution >= 4 is 12.0 Å². The first-order valence-electron chi connectivity index (χ1n) is 8.57. The van der Waals surface area contributed by atoms with Crippen molar-refractivity contribution in [1.82, 2.24) is 20.5 Å². The zero-order valence-electron chi connectivity index (χ0n) is 13.8. The Hall–Kier alpha value is -2.15. The van der Waals surface area contributed by atoms with Crippen molar-refractivity contribution in [1.29, 1.82) is 0 Å². The summed E-state index contributed by atoms with van der Waals surface area (Å²) in [4.78, 5) is 29.6. The highest BCUT2D eigenvalue weighted by atomic mass is 16.6. The Labute approximate surface area is 141 Å². The molecule has 2 aliphatic rings. The molecule has 2 fully saturated rings. The predicted molar refractivity (Wildman–Crippen MR) is 88.8 cm³/mol. The fraction of sp³-hybridized carbons (Fsp3) is 0.588. The van der Waals surface area contributed by atoms with Crippen LogP contribution in [-0.2, 0) is 11.2 Å². The number of cyclic esters (lactones) is 1. The molecule has 0 aromatic carbocycles. The topological polar surface area (TPSA) is 83.6 Å². The van der Waals surface area contributed by atoms with E-state index in [9.17, 15) is 9.59 Å². The number of carbonyl (C=O) groups is 2. The predicted octanol–water partition coefficient (Wildman–Crippen LogP) is 0.806. The van der Waals surface area contributed by atoms with Crippen molar-refractivity contribution in [3.05, 3.63) is 29.6 Å². The Morgan fingerprint density at radius 1 is 1.46 bits per heavy atom. The summed E-state index contributed by atoms with van der Waals surface area (Å²) in [5.74, 6) is 0.467. The zero-order valence-corrected chi connectivity index (χ0v) is 13.8. The molecule has 0 saturated carbocycles. The average Bonchev–Trinajstić information content (AvgIpc) is 3.10. The first-order valence-corrected chi connectivity index (χ1v) is 8.57. The molecular weight excluding hydrogens is 308 g/mol. The van der Waals surface area contributed by atoms with Crippen molar-refractivity contribution in [2.75, 3.05) is 39.3 Å². The van der Waals surface area contributed by atoms with Crippen LogP contribution in [0.1, 0.15) is 28.8 Å². The summed E-state index contributed by atoms with van der Waals surface area (Å²) in [6, 6.07) is 1.91. The van der Waals surface area contributed by atoms with E-state index in [1.54, 1.807) is 11.1 Å². The van der Waals surface area contributed by atoms with Gasteiger partial charge in [0.2, 0.25) is 0 Å². The highest BCUT2D eigenvalue weighted by molar-refractivity contribution is 5.94. The van der Waals surface area contributed by atoms with E-state index in [2.05, 4.69) is 15.6 Å². The second-order valence-electron chi connectivity index (χ2n) is 6.36. The van der Waals surface area contributed by atoms with Gasteiger partial charge in [0.05, 0.1) is 12.2 Å². The monoisotopic (exact) mass is 332 g/mol. The molecule has 1 atom stereocenters. The van der Waals surface area contributed by atoms with Gasteiger partial charge in [-0.25, -0.2) is 4.79 Å². The first-order chi connectivity index (χ1) is 11.7. The van der Waals surface area contributed by atoms with Gasteiger partial charge in [-0.15, -0.1) is 0 Å². The smallest absolute Gasteiger partial charge is 0.409 e. The van der Waals surface area contributed by atoms with Gasteiger partial charge in [-0.2, -0.15) is 0 Å². The Kier molecular flexibility index (Phi) is 5.63. The van der Waals surface area contributed by atoms with Crippen LogP contribution in [0.4, 0.5) is 4.79 Å². The number of nitrogens with zero attached hydrogens (tertiary/aromatic N) is 2. The van der Waals surface area contributed by atoms with E-state index in [1.165, 1.54) is 6.42 Å². The lowest BCUT2D eigenvalue weighted by Crippen LogP contribution is -2.42. The second-order valence-corrected chi connectivity index (χ2v) is 6.36. The molecule has 0 aliphatic carbocycles. The highest BCUT2D eigenvalue weighted by Crippen LogP contribution is 2.15. The molecule has 7 heteroatoms. The fourth-order valence-electron chi connectivity index (χ4n) is 3.15. The lowest BCUT2D eigenvalue weighted by Gasteiger charge is -2.26. The van der Waals surface area contributed by atoms with Crippen molar-refractivity contribution < 1.29 is 14.3 Å². The maximum atomic E-state index is 12.3. The Morgan fingerprint density at radius 3 is 3.17 bits per heavy atom. The van der Waals surface area contributed by atoms with Gasteiger partial charge in [0, 0.05) is 32.0 Å². The van der Waals surface area contributed by atoms with Crippen LogP contribution in [-0.4, -0.2) is 61.2 Å². The highest BCUT2D eigenvalue weighted by Gasteiger charge is 2.19. The zero-order chi connectivity index (χ0) is 16.8. The summed E-state index contributed by atoms with van der Waals surface area (Å²) in [5, 5.41) is 6.20. The number of hydrogen-bond acceptors (Lipinski definition) is 5. The molecule has 24 heavy (non-hydrogen) atoms. The third-order valence-electron chi connectivity index (χ3n) is 4.47. The van der Waals surface area contributed by atoms with Gasteiger partial charge in [-0.05, 0) is 49.9 Å². The second kappa shape index (κ2) is 8.10. The molecule has 2 amide bonds. The lowest BCUT2D eigenvalue weighted by atomic mass is 9.99. The van der Waals surface area contributed by atoms with Gasteiger partial charge in [0.25, 0.3) is 5.91 Å². The average molecular weight is 332 g/mol. The number of nitrogens with one attached hydrogen (secondary N) is 2. The Bertz CT molecular complexity index is 587. The number of aromatic nitrogens is 1. The molecule has 1 unspecified atom stereocenters. The Morgan fingerprint density at radius 2 is 2.38 bits per heavy atom. The normalized spacial score (nSPS) is 20.8. The number of hydrogen-bond donors (Lipinski definition) is 2. The van der Waals surface area contributed by atoms with Crippen molar-refractivity contribution in [2.24, 2.45) is 5.92 Å². The minimum Gasteiger partial charge on any atom is -0.449 e. The molecule has 0 bridgehead atoms. The van der Waals surface area contributed by atoms with Crippen LogP contribution in [0.25, 0.3) is 0 Å². The van der Waals surface area contributed by atoms with Gasteiger partial charge < -0.3 is 20.3 Å². The van der Waals surface area contributed by atoms with Crippen LogP contribution < -0.4 is 10.6 Å². The quantitative estimate of drug-likeness (QED) is 0.805. The summed E-state index contributed by atoms with van der Waals surface area (Å²) in [5.41, 5.74) is 1.66. The van der Waals surface area contributed by atoms with Crippen LogP contribution in [0, 0.1) is 5.92 Å². The van der Waals surface area contributed by atoms with Gasteiger partial charge in [-0.1, -0.05) is 0 Å². The van der Waals surface area contributed by atoms with E-state index in [0.717, 1.165) is 31.5 Å². The largest absolute Gasteiger partial charge is 0.449 e. The molecule has 1 aromatic rings. The van der Waals surface area contributed by atoms with Crippen molar-refractivity contribution in [3.63, 3.8) is 0 Å². The molecule has 2 aliphatic heterocycles. The van der Waals surface area contributed by atoms with Gasteiger partial charge >= 0.3 is 6.09 Å². The van der Waals surface area contributed by atoms with Gasteiger partial charge in [0.15, 0.2) is 0 Å². The van der Waals surface area contributed by atoms with Crippen LogP contribution in [0.2, 0.25) is 0 Å². The van der Waals surface area contributed by atoms with Crippen LogP contribution in [0.15, 0.2) is 18.5 Å². The Balaban J connectivity index is 1.48. The number of amides is 2. The minimum absolute atomic E-state index is 0.153. The van der Waals surface area contributed by atoms with Crippen LogP contribution >= 0.6 is 0 Å². The molecule has 3 heterocycles. The summed E-state index contributed by atoms with van der Waals surface area (Å²) in [6.45, 7) is 4.13. The first kappa shape index (κ1) is 16.7. The SMILES string of the molecule is O=C(NCCN1CCCOC1=O)c1cncc(CC2CCNC2)c1. The maximum Gasteiger partial charge on any atom is 0.409 e. The lowest BCUT2D eigenvalue weighted by molar-refractivity contribution is 0.0719. The molecular formula is C17H24N4O3. The molecule has 0 radical (unpaired) electrons. The number of rotatable bonds is 6. The molecule has 1 aromatic heterocycles. The summed E-state index contributed by atoms with van der Waals surface area (Å²) < 4.78 is 4.97. The van der Waals surface area contributed by atoms with E-state index in [0.29, 0.717) is 37.7 Å². The molecule has 2 N–H and O–H groups in total. The summed E-state index contributed by atoms with van der Waals surface area (Å²) in [7, 11) is 0. The number of ether oxygens (including phenoxy) is 1. The van der Waals surface area contributed by atoms with Crippen LogP contribution in [0.3, 0.4) is 0 Å². The number of pyridine rings is 1. The van der Waals surface area contributed by atoms with E-state index in [4.69, 9.17) is 4.74 Å². The molecule has 7 nitrogen and oxygen atoms in total. The van der Waals surface area contributed by atoms with E-state index in [-0.39, 0.29) is 12.0 Å². The molecule has 130 valence electrons. The number of carbonyl (C=O) groups excluding carboxylic acids is 2. The molecule has 0 spiro atoms. The van der Waals surface area contributed by atoms with Gasteiger partial charge in [-0.3, -0.25) is 9.78 Å². The third kappa shape index (κ3) is 4.44. The molecule has 2 saturated heterocycles. The fourth-order valence-corrected chi connectivity index (χ4v) is 3.15. The summed E-state index contributed by atoms with van der Waals surface area (Å²) in [6.07, 6.45) is 6.06. The van der Waals surface area contributed by atoms with E-state index < -0.39 is 0 Å². The van der Waals surface area contributed by atoms with Gasteiger partial charge in [0.1, 0.15) is 0 Å². The minimum atomic E-state index is -0.302.